The van der Waals surface area contributed by atoms with Crippen LogP contribution < -0.4 is 0 Å². The van der Waals surface area contributed by atoms with Gasteiger partial charge in [0.15, 0.2) is 0 Å². The molecule has 0 radical (unpaired) electrons. The molecule has 0 unspecified atom stereocenters. The average molecular weight is 249 g/mol. The van der Waals surface area contributed by atoms with Gasteiger partial charge in [0.05, 0.1) is 12.1 Å². The number of hydrogen-bond donors (Lipinski definition) is 0. The fourth-order valence-electron chi connectivity index (χ4n) is 3.00. The van der Waals surface area contributed by atoms with E-state index in [-0.39, 0.29) is 6.10 Å². The summed E-state index contributed by atoms with van der Waals surface area (Å²) in [6.07, 6.45) is 0.0271. The van der Waals surface area contributed by atoms with E-state index in [9.17, 15) is 0 Å². The molecule has 18 heavy (non-hydrogen) atoms. The molecule has 3 rings (SSSR count). The molecule has 0 bridgehead atoms. The normalized spacial score (nSPS) is 33.1. The largest absolute Gasteiger partial charge is 0.625 e. The van der Waals surface area contributed by atoms with Gasteiger partial charge in [-0.15, -0.1) is 0 Å². The average Bonchev–Trinajstić information content (AvgIpc) is 2.92. The molecule has 2 saturated heterocycles. The van der Waals surface area contributed by atoms with E-state index in [1.165, 1.54) is 5.56 Å². The monoisotopic (exact) mass is 249 g/mol. The summed E-state index contributed by atoms with van der Waals surface area (Å²) in [5.41, 5.74) is 1.19. The molecule has 0 amide bonds. The first-order valence-corrected chi connectivity index (χ1v) is 6.54. The summed E-state index contributed by atoms with van der Waals surface area (Å²) in [5, 5.41) is 0. The number of hydrogen-bond acceptors (Lipinski definition) is 3. The summed E-state index contributed by atoms with van der Waals surface area (Å²) in [4.78, 5) is 0. The number of rotatable bonds is 1. The summed E-state index contributed by atoms with van der Waals surface area (Å²) < 4.78 is 18.5. The van der Waals surface area contributed by atoms with Gasteiger partial charge in [0, 0.05) is 27.3 Å². The molecular formula is C13H20BNO3. The third-order valence-electron chi connectivity index (χ3n) is 4.49. The molecule has 5 heteroatoms. The molecule has 0 aromatic heterocycles. The molecule has 0 aliphatic carbocycles. The zero-order chi connectivity index (χ0) is 12.8. The molecule has 0 saturated carbocycles. The van der Waals surface area contributed by atoms with Crippen LogP contribution in [0.5, 0.6) is 0 Å². The van der Waals surface area contributed by atoms with Gasteiger partial charge in [-0.05, 0) is 12.5 Å². The minimum absolute atomic E-state index is 0.0271. The van der Waals surface area contributed by atoms with Crippen molar-refractivity contribution < 1.29 is 18.4 Å². The van der Waals surface area contributed by atoms with Crippen molar-refractivity contribution in [3.05, 3.63) is 35.9 Å². The zero-order valence-corrected chi connectivity index (χ0v) is 11.2. The molecule has 2 aliphatic heterocycles. The van der Waals surface area contributed by atoms with Crippen LogP contribution in [0.2, 0.25) is 0 Å². The lowest BCUT2D eigenvalue weighted by molar-refractivity contribution is -0.827. The quantitative estimate of drug-likeness (QED) is 0.709. The van der Waals surface area contributed by atoms with Crippen LogP contribution >= 0.6 is 0 Å². The highest BCUT2D eigenvalue weighted by Gasteiger charge is 2.62. The van der Waals surface area contributed by atoms with Crippen LogP contribution in [0.25, 0.3) is 0 Å². The zero-order valence-electron chi connectivity index (χ0n) is 11.2. The van der Waals surface area contributed by atoms with Crippen molar-refractivity contribution in [1.82, 2.24) is 0 Å². The highest BCUT2D eigenvalue weighted by atomic mass is 16.8. The van der Waals surface area contributed by atoms with E-state index >= 15 is 0 Å². The second kappa shape index (κ2) is 4.06. The Bertz CT molecular complexity index is 431. The van der Waals surface area contributed by atoms with Crippen LogP contribution in [0.1, 0.15) is 18.6 Å². The Labute approximate surface area is 108 Å². The van der Waals surface area contributed by atoms with Gasteiger partial charge in [-0.25, -0.2) is 0 Å². The van der Waals surface area contributed by atoms with Crippen molar-refractivity contribution in [3.63, 3.8) is 0 Å². The van der Waals surface area contributed by atoms with Gasteiger partial charge in [-0.1, -0.05) is 30.3 Å². The smallest absolute Gasteiger partial charge is 0.484 e. The molecule has 2 aliphatic rings. The molecule has 4 nitrogen and oxygen atoms in total. The van der Waals surface area contributed by atoms with E-state index in [4.69, 9.17) is 14.0 Å². The van der Waals surface area contributed by atoms with Crippen LogP contribution in [0.15, 0.2) is 30.3 Å². The predicted octanol–water partition coefficient (Wildman–Crippen LogP) is 1.71. The molecule has 98 valence electrons. The molecule has 2 heterocycles. The lowest BCUT2D eigenvalue weighted by atomic mass is 9.90. The maximum absolute atomic E-state index is 6.21. The summed E-state index contributed by atoms with van der Waals surface area (Å²) in [7, 11) is 4.25. The van der Waals surface area contributed by atoms with Gasteiger partial charge in [-0.2, -0.15) is 0 Å². The fraction of sp³-hybridized carbons (Fsp3) is 0.538. The minimum atomic E-state index is -1.67. The van der Waals surface area contributed by atoms with Gasteiger partial charge in [0.25, 0.3) is 0 Å². The summed E-state index contributed by atoms with van der Waals surface area (Å²) in [5.74, 6) is 0. The highest BCUT2D eigenvalue weighted by Crippen LogP contribution is 2.44. The van der Waals surface area contributed by atoms with Crippen molar-refractivity contribution in [1.29, 1.82) is 0 Å². The van der Waals surface area contributed by atoms with E-state index in [0.717, 1.165) is 0 Å². The van der Waals surface area contributed by atoms with Crippen LogP contribution in [0, 0.1) is 0 Å². The molecule has 1 spiro atoms. The molecule has 1 aromatic carbocycles. The highest BCUT2D eigenvalue weighted by molar-refractivity contribution is 6.53. The Morgan fingerprint density at radius 3 is 2.33 bits per heavy atom. The van der Waals surface area contributed by atoms with Crippen LogP contribution in [0.4, 0.5) is 0 Å². The summed E-state index contributed by atoms with van der Waals surface area (Å²) in [6, 6.07) is 10.6. The first kappa shape index (κ1) is 12.2. The second-order valence-electron chi connectivity index (χ2n) is 5.68. The first-order valence-electron chi connectivity index (χ1n) is 6.54. The predicted molar refractivity (Wildman–Crippen MR) is 69.5 cm³/mol. The van der Waals surface area contributed by atoms with Gasteiger partial charge < -0.3 is 18.4 Å². The molecular weight excluding hydrogens is 229 g/mol. The Morgan fingerprint density at radius 2 is 1.72 bits per heavy atom. The lowest BCUT2D eigenvalue weighted by Gasteiger charge is -2.45. The Kier molecular flexibility index (Phi) is 2.75. The third-order valence-corrected chi connectivity index (χ3v) is 4.49. The second-order valence-corrected chi connectivity index (χ2v) is 5.68. The van der Waals surface area contributed by atoms with E-state index in [0.29, 0.717) is 23.6 Å². The number of nitrogens with zero attached hydrogens (tertiary/aromatic N) is 1. The third kappa shape index (κ3) is 1.55. The van der Waals surface area contributed by atoms with Crippen molar-refractivity contribution >= 4 is 6.89 Å². The van der Waals surface area contributed by atoms with E-state index in [1.54, 1.807) is 0 Å². The summed E-state index contributed by atoms with van der Waals surface area (Å²) >= 11 is 0. The van der Waals surface area contributed by atoms with E-state index in [2.05, 4.69) is 33.2 Å². The Balaban J connectivity index is 1.96. The van der Waals surface area contributed by atoms with Crippen molar-refractivity contribution in [3.8, 4) is 0 Å². The topological polar surface area (TPSA) is 27.7 Å². The standard InChI is InChI=1S/C13H20BNO3/c1-11-13(12-7-5-4-6-8-12)18-14(15(11,2)3)16-9-10-17-14/h4-8,11,13H,9-10H2,1-3H3/t11-,13-/m0/s1. The van der Waals surface area contributed by atoms with Crippen LogP contribution in [-0.4, -0.2) is 44.6 Å². The van der Waals surface area contributed by atoms with Crippen molar-refractivity contribution in [2.24, 2.45) is 0 Å². The molecule has 1 aromatic rings. The Hall–Kier alpha value is -0.875. The maximum atomic E-state index is 6.21. The van der Waals surface area contributed by atoms with Crippen molar-refractivity contribution in [2.45, 2.75) is 19.1 Å². The Morgan fingerprint density at radius 1 is 1.11 bits per heavy atom. The van der Waals surface area contributed by atoms with Gasteiger partial charge >= 0.3 is 6.89 Å². The molecule has 2 fully saturated rings. The SMILES string of the molecule is C[C@H]1[C@@H](c2ccccc2)O[B-]2(OCCO2)[N+]1(C)C. The molecule has 0 N–H and O–H groups in total. The van der Waals surface area contributed by atoms with Crippen LogP contribution in [0.3, 0.4) is 0 Å². The van der Waals surface area contributed by atoms with Crippen LogP contribution in [-0.2, 0) is 14.0 Å². The van der Waals surface area contributed by atoms with E-state index < -0.39 is 6.89 Å². The first-order chi connectivity index (χ1) is 8.57. The fourth-order valence-corrected chi connectivity index (χ4v) is 3.00. The number of quaternary nitrogens is 1. The number of benzene rings is 1. The van der Waals surface area contributed by atoms with Gasteiger partial charge in [0.1, 0.15) is 0 Å². The van der Waals surface area contributed by atoms with Gasteiger partial charge in [-0.3, -0.25) is 0 Å². The lowest BCUT2D eigenvalue weighted by Crippen LogP contribution is -2.64. The maximum Gasteiger partial charge on any atom is 0.625 e. The van der Waals surface area contributed by atoms with Gasteiger partial charge in [0.2, 0.25) is 0 Å². The summed E-state index contributed by atoms with van der Waals surface area (Å²) in [6.45, 7) is 1.77. The van der Waals surface area contributed by atoms with Crippen molar-refractivity contribution in [2.75, 3.05) is 27.3 Å². The number of likely N-dealkylation sites (N-methyl/N-ethyl adjacent to an activating group) is 1. The van der Waals surface area contributed by atoms with E-state index in [1.807, 2.05) is 18.2 Å². The molecule has 2 atom stereocenters. The minimum Gasteiger partial charge on any atom is -0.484 e.